The third kappa shape index (κ3) is 3.02. The molecular weight excluding hydrogens is 258 g/mol. The van der Waals surface area contributed by atoms with Gasteiger partial charge in [-0.05, 0) is 19.3 Å². The van der Waals surface area contributed by atoms with E-state index >= 15 is 0 Å². The largest absolute Gasteiger partial charge is 0.356 e. The molecule has 1 saturated heterocycles. The SMILES string of the molecule is CCC1CCN(c2nc(C(C)(C)C)nc(Cl)c2C)C1. The van der Waals surface area contributed by atoms with Crippen LogP contribution in [0.25, 0.3) is 0 Å². The summed E-state index contributed by atoms with van der Waals surface area (Å²) < 4.78 is 0. The first-order valence-corrected chi connectivity index (χ1v) is 7.50. The van der Waals surface area contributed by atoms with E-state index < -0.39 is 0 Å². The summed E-state index contributed by atoms with van der Waals surface area (Å²) in [7, 11) is 0. The first-order chi connectivity index (χ1) is 8.82. The first kappa shape index (κ1) is 14.6. The molecule has 1 unspecified atom stereocenters. The van der Waals surface area contributed by atoms with Crippen molar-refractivity contribution in [3.63, 3.8) is 0 Å². The molecular formula is C15H24ClN3. The molecule has 106 valence electrons. The van der Waals surface area contributed by atoms with Crippen LogP contribution in [0.2, 0.25) is 5.15 Å². The summed E-state index contributed by atoms with van der Waals surface area (Å²) in [6, 6.07) is 0. The van der Waals surface area contributed by atoms with Gasteiger partial charge in [-0.15, -0.1) is 0 Å². The molecule has 0 aliphatic carbocycles. The fourth-order valence-corrected chi connectivity index (χ4v) is 2.64. The van der Waals surface area contributed by atoms with E-state index in [0.29, 0.717) is 5.15 Å². The van der Waals surface area contributed by atoms with Gasteiger partial charge in [-0.25, -0.2) is 9.97 Å². The average Bonchev–Trinajstić information content (AvgIpc) is 2.79. The Labute approximate surface area is 121 Å². The number of halogens is 1. The van der Waals surface area contributed by atoms with Crippen molar-refractivity contribution in [2.45, 2.75) is 52.9 Å². The Balaban J connectivity index is 2.37. The van der Waals surface area contributed by atoms with Crippen LogP contribution in [0.5, 0.6) is 0 Å². The van der Waals surface area contributed by atoms with Gasteiger partial charge >= 0.3 is 0 Å². The van der Waals surface area contributed by atoms with Crippen molar-refractivity contribution in [2.75, 3.05) is 18.0 Å². The van der Waals surface area contributed by atoms with E-state index in [1.807, 2.05) is 6.92 Å². The standard InChI is InChI=1S/C15H24ClN3/c1-6-11-7-8-19(9-11)13-10(2)12(16)17-14(18-13)15(3,4)5/h11H,6-9H2,1-5H3. The monoisotopic (exact) mass is 281 g/mol. The maximum Gasteiger partial charge on any atom is 0.137 e. The second kappa shape index (κ2) is 5.28. The summed E-state index contributed by atoms with van der Waals surface area (Å²) in [5.74, 6) is 2.64. The van der Waals surface area contributed by atoms with Crippen LogP contribution in [0.15, 0.2) is 0 Å². The minimum absolute atomic E-state index is 0.0734. The number of rotatable bonds is 2. The molecule has 0 N–H and O–H groups in total. The second-order valence-corrected chi connectivity index (χ2v) is 6.90. The lowest BCUT2D eigenvalue weighted by Gasteiger charge is -2.24. The van der Waals surface area contributed by atoms with E-state index in [4.69, 9.17) is 16.6 Å². The van der Waals surface area contributed by atoms with Crippen molar-refractivity contribution < 1.29 is 0 Å². The van der Waals surface area contributed by atoms with Crippen LogP contribution >= 0.6 is 11.6 Å². The fourth-order valence-electron chi connectivity index (χ4n) is 2.48. The maximum absolute atomic E-state index is 6.30. The Morgan fingerprint density at radius 2 is 2.00 bits per heavy atom. The van der Waals surface area contributed by atoms with Gasteiger partial charge < -0.3 is 4.90 Å². The average molecular weight is 282 g/mol. The molecule has 1 atom stereocenters. The smallest absolute Gasteiger partial charge is 0.137 e. The number of nitrogens with zero attached hydrogens (tertiary/aromatic N) is 3. The lowest BCUT2D eigenvalue weighted by Crippen LogP contribution is -2.25. The molecule has 0 radical (unpaired) electrons. The van der Waals surface area contributed by atoms with Crippen LogP contribution in [0, 0.1) is 12.8 Å². The lowest BCUT2D eigenvalue weighted by molar-refractivity contribution is 0.542. The Morgan fingerprint density at radius 3 is 2.53 bits per heavy atom. The molecule has 1 aliphatic rings. The number of aromatic nitrogens is 2. The predicted octanol–water partition coefficient (Wildman–Crippen LogP) is 3.97. The summed E-state index contributed by atoms with van der Waals surface area (Å²) in [5, 5.41) is 0.592. The van der Waals surface area contributed by atoms with Gasteiger partial charge in [-0.3, -0.25) is 0 Å². The highest BCUT2D eigenvalue weighted by Gasteiger charge is 2.27. The molecule has 0 aromatic carbocycles. The Kier molecular flexibility index (Phi) is 4.05. The molecule has 19 heavy (non-hydrogen) atoms. The molecule has 0 spiro atoms. The first-order valence-electron chi connectivity index (χ1n) is 7.12. The Bertz CT molecular complexity index is 465. The topological polar surface area (TPSA) is 29.0 Å². The molecule has 1 aromatic rings. The molecule has 0 amide bonds. The summed E-state index contributed by atoms with van der Waals surface area (Å²) >= 11 is 6.30. The zero-order valence-electron chi connectivity index (χ0n) is 12.6. The highest BCUT2D eigenvalue weighted by molar-refractivity contribution is 6.30. The van der Waals surface area contributed by atoms with Gasteiger partial charge in [0.1, 0.15) is 16.8 Å². The van der Waals surface area contributed by atoms with E-state index in [9.17, 15) is 0 Å². The zero-order chi connectivity index (χ0) is 14.2. The molecule has 0 bridgehead atoms. The van der Waals surface area contributed by atoms with Gasteiger partial charge in [0.15, 0.2) is 0 Å². The van der Waals surface area contributed by atoms with E-state index in [2.05, 4.69) is 37.6 Å². The third-order valence-corrected chi connectivity index (χ3v) is 4.26. The summed E-state index contributed by atoms with van der Waals surface area (Å²) in [5.41, 5.74) is 0.933. The van der Waals surface area contributed by atoms with Crippen molar-refractivity contribution in [2.24, 2.45) is 5.92 Å². The summed E-state index contributed by atoms with van der Waals surface area (Å²) in [6.07, 6.45) is 2.49. The van der Waals surface area contributed by atoms with Gasteiger partial charge in [-0.2, -0.15) is 0 Å². The van der Waals surface area contributed by atoms with Gasteiger partial charge in [0.2, 0.25) is 0 Å². The van der Waals surface area contributed by atoms with Gasteiger partial charge in [-0.1, -0.05) is 45.7 Å². The minimum atomic E-state index is -0.0734. The van der Waals surface area contributed by atoms with Crippen LogP contribution in [0.1, 0.15) is 51.9 Å². The Morgan fingerprint density at radius 1 is 1.32 bits per heavy atom. The highest BCUT2D eigenvalue weighted by atomic mass is 35.5. The zero-order valence-corrected chi connectivity index (χ0v) is 13.4. The second-order valence-electron chi connectivity index (χ2n) is 6.55. The van der Waals surface area contributed by atoms with Gasteiger partial charge in [0.25, 0.3) is 0 Å². The van der Waals surface area contributed by atoms with Crippen molar-refractivity contribution in [1.29, 1.82) is 0 Å². The molecule has 1 aliphatic heterocycles. The summed E-state index contributed by atoms with van der Waals surface area (Å²) in [6.45, 7) is 12.8. The van der Waals surface area contributed by atoms with Crippen molar-refractivity contribution >= 4 is 17.4 Å². The quantitative estimate of drug-likeness (QED) is 0.768. The fraction of sp³-hybridized carbons (Fsp3) is 0.733. The summed E-state index contributed by atoms with van der Waals surface area (Å²) in [4.78, 5) is 11.6. The highest BCUT2D eigenvalue weighted by Crippen LogP contribution is 2.31. The molecule has 1 fully saturated rings. The van der Waals surface area contributed by atoms with Gasteiger partial charge in [0, 0.05) is 24.1 Å². The van der Waals surface area contributed by atoms with Crippen LogP contribution in [-0.4, -0.2) is 23.1 Å². The van der Waals surface area contributed by atoms with E-state index in [1.54, 1.807) is 0 Å². The number of anilines is 1. The minimum Gasteiger partial charge on any atom is -0.356 e. The molecule has 1 aromatic heterocycles. The van der Waals surface area contributed by atoms with E-state index in [-0.39, 0.29) is 5.41 Å². The van der Waals surface area contributed by atoms with Gasteiger partial charge in [0.05, 0.1) is 0 Å². The van der Waals surface area contributed by atoms with Crippen LogP contribution < -0.4 is 4.90 Å². The predicted molar refractivity (Wildman–Crippen MR) is 81.1 cm³/mol. The number of hydrogen-bond donors (Lipinski definition) is 0. The number of hydrogen-bond acceptors (Lipinski definition) is 3. The van der Waals surface area contributed by atoms with Crippen molar-refractivity contribution in [3.8, 4) is 0 Å². The van der Waals surface area contributed by atoms with Crippen LogP contribution in [0.3, 0.4) is 0 Å². The maximum atomic E-state index is 6.30. The molecule has 4 heteroatoms. The van der Waals surface area contributed by atoms with Crippen LogP contribution in [0.4, 0.5) is 5.82 Å². The molecule has 3 nitrogen and oxygen atoms in total. The van der Waals surface area contributed by atoms with E-state index in [1.165, 1.54) is 12.8 Å². The van der Waals surface area contributed by atoms with E-state index in [0.717, 1.165) is 36.2 Å². The van der Waals surface area contributed by atoms with Crippen molar-refractivity contribution in [3.05, 3.63) is 16.5 Å². The third-order valence-electron chi connectivity index (χ3n) is 3.89. The Hall–Kier alpha value is -0.830. The lowest BCUT2D eigenvalue weighted by atomic mass is 9.95. The molecule has 2 heterocycles. The normalized spacial score (nSPS) is 20.1. The van der Waals surface area contributed by atoms with Crippen molar-refractivity contribution in [1.82, 2.24) is 9.97 Å². The molecule has 2 rings (SSSR count). The molecule has 0 saturated carbocycles. The van der Waals surface area contributed by atoms with Crippen LogP contribution in [-0.2, 0) is 5.41 Å².